The van der Waals surface area contributed by atoms with Crippen LogP contribution in [0.5, 0.6) is 0 Å². The molecule has 0 fully saturated rings. The Kier molecular flexibility index (Phi) is 6.21. The van der Waals surface area contributed by atoms with Gasteiger partial charge >= 0.3 is 0 Å². The van der Waals surface area contributed by atoms with Crippen LogP contribution in [0.1, 0.15) is 20.3 Å². The number of carbonyl (C=O) groups excluding carboxylic acids is 1. The summed E-state index contributed by atoms with van der Waals surface area (Å²) in [6.07, 6.45) is 6.38. The largest absolute Gasteiger partial charge is 0.386 e. The van der Waals surface area contributed by atoms with Crippen LogP contribution in [0.2, 0.25) is 0 Å². The summed E-state index contributed by atoms with van der Waals surface area (Å²) in [5.74, 6) is -0.239. The standard InChI is InChI=1S/C14H23NO4/c1-4-14(8-6-5-7-12(14)16)15-13(17)11(2)19-10-9-18-3/h5-8,11-12,16H,4,9-10H2,1-3H3,(H,15,17). The Hall–Kier alpha value is -1.17. The van der Waals surface area contributed by atoms with E-state index < -0.39 is 17.7 Å². The van der Waals surface area contributed by atoms with E-state index in [0.717, 1.165) is 0 Å². The van der Waals surface area contributed by atoms with E-state index in [9.17, 15) is 9.90 Å². The molecular weight excluding hydrogens is 246 g/mol. The van der Waals surface area contributed by atoms with Crippen molar-refractivity contribution in [1.29, 1.82) is 0 Å². The van der Waals surface area contributed by atoms with Crippen molar-refractivity contribution in [3.8, 4) is 0 Å². The molecule has 3 unspecified atom stereocenters. The third kappa shape index (κ3) is 4.16. The molecule has 0 saturated carbocycles. The normalized spacial score (nSPS) is 27.3. The zero-order valence-corrected chi connectivity index (χ0v) is 11.8. The molecule has 0 heterocycles. The number of hydrogen-bond acceptors (Lipinski definition) is 4. The SMILES string of the molecule is CCC1(NC(=O)C(C)OCCOC)C=CC=CC1O. The molecule has 0 aromatic carbocycles. The van der Waals surface area contributed by atoms with Gasteiger partial charge in [-0.05, 0) is 13.3 Å². The fraction of sp³-hybridized carbons (Fsp3) is 0.643. The first-order valence-electron chi connectivity index (χ1n) is 6.52. The molecule has 0 radical (unpaired) electrons. The Morgan fingerprint density at radius 3 is 2.79 bits per heavy atom. The summed E-state index contributed by atoms with van der Waals surface area (Å²) in [4.78, 5) is 12.1. The van der Waals surface area contributed by atoms with Gasteiger partial charge in [0, 0.05) is 7.11 Å². The van der Waals surface area contributed by atoms with Crippen LogP contribution in [-0.4, -0.2) is 49.1 Å². The number of aliphatic hydroxyl groups excluding tert-OH is 1. The first-order valence-corrected chi connectivity index (χ1v) is 6.52. The Morgan fingerprint density at radius 1 is 1.47 bits per heavy atom. The summed E-state index contributed by atoms with van der Waals surface area (Å²) in [5, 5.41) is 12.9. The lowest BCUT2D eigenvalue weighted by atomic mass is 9.85. The zero-order chi connectivity index (χ0) is 14.3. The maximum atomic E-state index is 12.1. The summed E-state index contributed by atoms with van der Waals surface area (Å²) >= 11 is 0. The van der Waals surface area contributed by atoms with Gasteiger partial charge in [-0.2, -0.15) is 0 Å². The summed E-state index contributed by atoms with van der Waals surface area (Å²) in [6, 6.07) is 0. The Morgan fingerprint density at radius 2 is 2.21 bits per heavy atom. The number of nitrogens with one attached hydrogen (secondary N) is 1. The van der Waals surface area contributed by atoms with Crippen LogP contribution in [0.4, 0.5) is 0 Å². The van der Waals surface area contributed by atoms with E-state index in [-0.39, 0.29) is 5.91 Å². The average Bonchev–Trinajstić information content (AvgIpc) is 2.41. The fourth-order valence-corrected chi connectivity index (χ4v) is 1.91. The number of aliphatic hydroxyl groups is 1. The molecule has 0 spiro atoms. The molecule has 108 valence electrons. The van der Waals surface area contributed by atoms with E-state index in [2.05, 4.69) is 5.32 Å². The number of allylic oxidation sites excluding steroid dienone is 2. The zero-order valence-electron chi connectivity index (χ0n) is 11.8. The molecular formula is C14H23NO4. The van der Waals surface area contributed by atoms with Gasteiger partial charge in [-0.3, -0.25) is 4.79 Å². The highest BCUT2D eigenvalue weighted by Gasteiger charge is 2.36. The van der Waals surface area contributed by atoms with E-state index in [1.807, 2.05) is 19.1 Å². The van der Waals surface area contributed by atoms with Gasteiger partial charge in [0.2, 0.25) is 5.91 Å². The molecule has 5 heteroatoms. The minimum Gasteiger partial charge on any atom is -0.386 e. The molecule has 1 amide bonds. The van der Waals surface area contributed by atoms with Crippen molar-refractivity contribution in [2.75, 3.05) is 20.3 Å². The fourth-order valence-electron chi connectivity index (χ4n) is 1.91. The van der Waals surface area contributed by atoms with E-state index in [0.29, 0.717) is 19.6 Å². The Bertz CT molecular complexity index is 353. The highest BCUT2D eigenvalue weighted by atomic mass is 16.5. The highest BCUT2D eigenvalue weighted by Crippen LogP contribution is 2.22. The first kappa shape index (κ1) is 15.9. The van der Waals surface area contributed by atoms with Gasteiger partial charge in [-0.25, -0.2) is 0 Å². The lowest BCUT2D eigenvalue weighted by Crippen LogP contribution is -2.57. The highest BCUT2D eigenvalue weighted by molar-refractivity contribution is 5.81. The molecule has 1 aliphatic rings. The van der Waals surface area contributed by atoms with Gasteiger partial charge in [0.25, 0.3) is 0 Å². The van der Waals surface area contributed by atoms with Crippen LogP contribution < -0.4 is 5.32 Å². The van der Waals surface area contributed by atoms with Gasteiger partial charge in [-0.15, -0.1) is 0 Å². The predicted octanol–water partition coefficient (Wildman–Crippen LogP) is 0.790. The maximum absolute atomic E-state index is 12.1. The number of rotatable bonds is 7. The van der Waals surface area contributed by atoms with E-state index >= 15 is 0 Å². The summed E-state index contributed by atoms with van der Waals surface area (Å²) in [6.45, 7) is 4.41. The third-order valence-electron chi connectivity index (χ3n) is 3.29. The molecule has 0 aromatic rings. The molecule has 0 aliphatic heterocycles. The Balaban J connectivity index is 2.58. The molecule has 5 nitrogen and oxygen atoms in total. The molecule has 1 aliphatic carbocycles. The molecule has 2 N–H and O–H groups in total. The summed E-state index contributed by atoms with van der Waals surface area (Å²) < 4.78 is 10.2. The van der Waals surface area contributed by atoms with Gasteiger partial charge in [0.1, 0.15) is 6.10 Å². The second-order valence-electron chi connectivity index (χ2n) is 4.58. The number of methoxy groups -OCH3 is 1. The van der Waals surface area contributed by atoms with Gasteiger partial charge in [0.05, 0.1) is 24.9 Å². The van der Waals surface area contributed by atoms with Crippen LogP contribution in [0.25, 0.3) is 0 Å². The summed E-state index contributed by atoms with van der Waals surface area (Å²) in [5.41, 5.74) is -0.745. The minimum atomic E-state index is -0.745. The van der Waals surface area contributed by atoms with Crippen LogP contribution in [0.15, 0.2) is 24.3 Å². The minimum absolute atomic E-state index is 0.239. The van der Waals surface area contributed by atoms with Crippen molar-refractivity contribution in [2.45, 2.75) is 38.0 Å². The van der Waals surface area contributed by atoms with Crippen LogP contribution in [-0.2, 0) is 14.3 Å². The summed E-state index contributed by atoms with van der Waals surface area (Å²) in [7, 11) is 1.58. The predicted molar refractivity (Wildman–Crippen MR) is 72.7 cm³/mol. The van der Waals surface area contributed by atoms with Crippen molar-refractivity contribution < 1.29 is 19.4 Å². The van der Waals surface area contributed by atoms with Crippen molar-refractivity contribution in [1.82, 2.24) is 5.32 Å². The van der Waals surface area contributed by atoms with Gasteiger partial charge < -0.3 is 19.9 Å². The monoisotopic (exact) mass is 269 g/mol. The maximum Gasteiger partial charge on any atom is 0.249 e. The number of amides is 1. The Labute approximate surface area is 114 Å². The number of hydrogen-bond donors (Lipinski definition) is 2. The van der Waals surface area contributed by atoms with E-state index in [4.69, 9.17) is 9.47 Å². The average molecular weight is 269 g/mol. The van der Waals surface area contributed by atoms with Crippen LogP contribution in [0, 0.1) is 0 Å². The van der Waals surface area contributed by atoms with E-state index in [1.165, 1.54) is 0 Å². The molecule has 0 saturated heterocycles. The molecule has 0 bridgehead atoms. The van der Waals surface area contributed by atoms with Crippen molar-refractivity contribution in [3.05, 3.63) is 24.3 Å². The van der Waals surface area contributed by atoms with Crippen molar-refractivity contribution >= 4 is 5.91 Å². The second-order valence-corrected chi connectivity index (χ2v) is 4.58. The van der Waals surface area contributed by atoms with Crippen LogP contribution >= 0.6 is 0 Å². The number of carbonyl (C=O) groups is 1. The molecule has 3 atom stereocenters. The van der Waals surface area contributed by atoms with Crippen molar-refractivity contribution in [2.24, 2.45) is 0 Å². The lowest BCUT2D eigenvalue weighted by Gasteiger charge is -2.36. The lowest BCUT2D eigenvalue weighted by molar-refractivity contribution is -0.135. The first-order chi connectivity index (χ1) is 9.05. The quantitative estimate of drug-likeness (QED) is 0.671. The smallest absolute Gasteiger partial charge is 0.249 e. The molecule has 19 heavy (non-hydrogen) atoms. The molecule has 0 aromatic heterocycles. The second kappa shape index (κ2) is 7.43. The van der Waals surface area contributed by atoms with Crippen LogP contribution in [0.3, 0.4) is 0 Å². The van der Waals surface area contributed by atoms with E-state index in [1.54, 1.807) is 26.2 Å². The van der Waals surface area contributed by atoms with Crippen molar-refractivity contribution in [3.63, 3.8) is 0 Å². The van der Waals surface area contributed by atoms with Gasteiger partial charge in [-0.1, -0.05) is 31.2 Å². The number of ether oxygens (including phenoxy) is 2. The van der Waals surface area contributed by atoms with Gasteiger partial charge in [0.15, 0.2) is 0 Å². The molecule has 1 rings (SSSR count). The third-order valence-corrected chi connectivity index (χ3v) is 3.29. The topological polar surface area (TPSA) is 67.8 Å².